The fourth-order valence-electron chi connectivity index (χ4n) is 2.65. The minimum absolute atomic E-state index is 0.166. The molecule has 1 heterocycles. The van der Waals surface area contributed by atoms with Crippen LogP contribution in [-0.2, 0) is 9.53 Å². The van der Waals surface area contributed by atoms with E-state index < -0.39 is 12.0 Å². The van der Waals surface area contributed by atoms with Crippen molar-refractivity contribution >= 4 is 12.0 Å². The largest absolute Gasteiger partial charge is 0.493 e. The predicted molar refractivity (Wildman–Crippen MR) is 97.0 cm³/mol. The van der Waals surface area contributed by atoms with Gasteiger partial charge in [-0.25, -0.2) is 9.59 Å². The maximum absolute atomic E-state index is 12.5. The molecule has 2 N–H and O–H groups in total. The Bertz CT molecular complexity index is 739. The van der Waals surface area contributed by atoms with Gasteiger partial charge in [0, 0.05) is 5.70 Å². The molecule has 7 nitrogen and oxygen atoms in total. The number of rotatable bonds is 7. The van der Waals surface area contributed by atoms with Crippen LogP contribution in [0.25, 0.3) is 0 Å². The van der Waals surface area contributed by atoms with Gasteiger partial charge in [0.05, 0.1) is 25.3 Å². The van der Waals surface area contributed by atoms with Crippen LogP contribution in [0.3, 0.4) is 0 Å². The molecule has 7 heteroatoms. The van der Waals surface area contributed by atoms with Crippen molar-refractivity contribution < 1.29 is 23.8 Å². The summed E-state index contributed by atoms with van der Waals surface area (Å²) in [6.45, 7) is 6.06. The molecular formula is C19H24N2O5. The molecule has 1 atom stereocenters. The molecule has 0 saturated carbocycles. The molecule has 0 fully saturated rings. The standard InChI is InChI=1S/C19H24N2O5/c1-5-7-10-26-18(22)16-12(3)20-19(23)21-17(16)13-8-9-14(25-6-2)15(11-13)24-4/h5,7-9,11,17H,6,10H2,1-4H3,(H2,20,21,23)/b7-5-/t17-/m1/s1. The van der Waals surface area contributed by atoms with Crippen LogP contribution in [0.1, 0.15) is 32.4 Å². The van der Waals surface area contributed by atoms with Crippen LogP contribution >= 0.6 is 0 Å². The summed E-state index contributed by atoms with van der Waals surface area (Å²) in [5.74, 6) is 0.624. The highest BCUT2D eigenvalue weighted by molar-refractivity contribution is 5.95. The first-order valence-corrected chi connectivity index (χ1v) is 8.39. The van der Waals surface area contributed by atoms with Crippen LogP contribution in [0.2, 0.25) is 0 Å². The minimum Gasteiger partial charge on any atom is -0.493 e. The van der Waals surface area contributed by atoms with Gasteiger partial charge >= 0.3 is 12.0 Å². The molecular weight excluding hydrogens is 336 g/mol. The van der Waals surface area contributed by atoms with E-state index in [1.165, 1.54) is 7.11 Å². The Balaban J connectivity index is 2.39. The van der Waals surface area contributed by atoms with E-state index in [2.05, 4.69) is 10.6 Å². The molecule has 0 aromatic heterocycles. The Morgan fingerprint density at radius 2 is 2.08 bits per heavy atom. The van der Waals surface area contributed by atoms with Crippen molar-refractivity contribution in [1.82, 2.24) is 10.6 Å². The molecule has 2 rings (SSSR count). The SMILES string of the molecule is C/C=C\COC(=O)C1=C(C)NC(=O)N[C@@H]1c1ccc(OCC)c(OC)c1. The second kappa shape index (κ2) is 8.94. The number of carbonyl (C=O) groups is 2. The number of methoxy groups -OCH3 is 1. The van der Waals surface area contributed by atoms with Crippen LogP contribution in [0.4, 0.5) is 4.79 Å². The third kappa shape index (κ3) is 4.36. The van der Waals surface area contributed by atoms with Gasteiger partial charge in [-0.1, -0.05) is 18.2 Å². The Morgan fingerprint density at radius 1 is 1.31 bits per heavy atom. The minimum atomic E-state index is -0.647. The maximum atomic E-state index is 12.5. The van der Waals surface area contributed by atoms with E-state index in [4.69, 9.17) is 14.2 Å². The van der Waals surface area contributed by atoms with Gasteiger partial charge in [0.2, 0.25) is 0 Å². The van der Waals surface area contributed by atoms with E-state index in [1.807, 2.05) is 13.8 Å². The van der Waals surface area contributed by atoms with Gasteiger partial charge in [-0.15, -0.1) is 0 Å². The van der Waals surface area contributed by atoms with Crippen LogP contribution in [0, 0.1) is 0 Å². The number of amides is 2. The predicted octanol–water partition coefficient (Wildman–Crippen LogP) is 2.84. The highest BCUT2D eigenvalue weighted by Crippen LogP contribution is 2.34. The van der Waals surface area contributed by atoms with Crippen molar-refractivity contribution in [2.24, 2.45) is 0 Å². The summed E-state index contributed by atoms with van der Waals surface area (Å²) in [6, 6.07) is 4.25. The summed E-state index contributed by atoms with van der Waals surface area (Å²) in [5.41, 5.74) is 1.50. The van der Waals surface area contributed by atoms with Crippen molar-refractivity contribution in [2.75, 3.05) is 20.3 Å². The first-order valence-electron chi connectivity index (χ1n) is 8.39. The summed E-state index contributed by atoms with van der Waals surface area (Å²) in [5, 5.41) is 5.38. The summed E-state index contributed by atoms with van der Waals surface area (Å²) in [7, 11) is 1.54. The summed E-state index contributed by atoms with van der Waals surface area (Å²) in [4.78, 5) is 24.5. The highest BCUT2D eigenvalue weighted by atomic mass is 16.5. The van der Waals surface area contributed by atoms with E-state index in [0.717, 1.165) is 0 Å². The number of esters is 1. The third-order valence-corrected chi connectivity index (χ3v) is 3.86. The molecule has 1 aliphatic rings. The average molecular weight is 360 g/mol. The topological polar surface area (TPSA) is 85.9 Å². The molecule has 0 bridgehead atoms. The number of benzene rings is 1. The molecule has 1 aromatic carbocycles. The van der Waals surface area contributed by atoms with E-state index in [0.29, 0.717) is 34.9 Å². The van der Waals surface area contributed by atoms with Gasteiger partial charge in [-0.2, -0.15) is 0 Å². The number of nitrogens with one attached hydrogen (secondary N) is 2. The van der Waals surface area contributed by atoms with Crippen molar-refractivity contribution in [1.29, 1.82) is 0 Å². The number of ether oxygens (including phenoxy) is 3. The first kappa shape index (κ1) is 19.4. The molecule has 0 aliphatic carbocycles. The number of hydrogen-bond acceptors (Lipinski definition) is 5. The summed E-state index contributed by atoms with van der Waals surface area (Å²) >= 11 is 0. The second-order valence-electron chi connectivity index (χ2n) is 5.58. The van der Waals surface area contributed by atoms with Gasteiger partial charge in [0.1, 0.15) is 6.61 Å². The van der Waals surface area contributed by atoms with Gasteiger partial charge in [0.15, 0.2) is 11.5 Å². The van der Waals surface area contributed by atoms with Crippen LogP contribution < -0.4 is 20.1 Å². The third-order valence-electron chi connectivity index (χ3n) is 3.86. The number of hydrogen-bond donors (Lipinski definition) is 2. The number of carbonyl (C=O) groups excluding carboxylic acids is 2. The lowest BCUT2D eigenvalue weighted by atomic mass is 9.95. The van der Waals surface area contributed by atoms with Gasteiger partial charge in [0.25, 0.3) is 0 Å². The van der Waals surface area contributed by atoms with E-state index in [9.17, 15) is 9.59 Å². The molecule has 1 aromatic rings. The highest BCUT2D eigenvalue weighted by Gasteiger charge is 2.32. The lowest BCUT2D eigenvalue weighted by molar-refractivity contribution is -0.138. The lowest BCUT2D eigenvalue weighted by Crippen LogP contribution is -2.45. The summed E-state index contributed by atoms with van der Waals surface area (Å²) < 4.78 is 16.1. The molecule has 0 spiro atoms. The van der Waals surface area contributed by atoms with E-state index >= 15 is 0 Å². The fraction of sp³-hybridized carbons (Fsp3) is 0.368. The molecule has 0 saturated heterocycles. The van der Waals surface area contributed by atoms with Crippen LogP contribution in [0.5, 0.6) is 11.5 Å². The Morgan fingerprint density at radius 3 is 2.73 bits per heavy atom. The second-order valence-corrected chi connectivity index (χ2v) is 5.58. The van der Waals surface area contributed by atoms with E-state index in [1.54, 1.807) is 37.3 Å². The molecule has 0 unspecified atom stereocenters. The maximum Gasteiger partial charge on any atom is 0.338 e. The quantitative estimate of drug-likeness (QED) is 0.577. The molecule has 2 amide bonds. The van der Waals surface area contributed by atoms with Crippen LogP contribution in [0.15, 0.2) is 41.6 Å². The lowest BCUT2D eigenvalue weighted by Gasteiger charge is -2.28. The Hall–Kier alpha value is -2.96. The molecule has 1 aliphatic heterocycles. The smallest absolute Gasteiger partial charge is 0.338 e. The zero-order valence-electron chi connectivity index (χ0n) is 15.4. The van der Waals surface area contributed by atoms with Crippen molar-refractivity contribution in [3.05, 3.63) is 47.2 Å². The monoisotopic (exact) mass is 360 g/mol. The van der Waals surface area contributed by atoms with E-state index in [-0.39, 0.29) is 12.6 Å². The van der Waals surface area contributed by atoms with Crippen molar-refractivity contribution in [2.45, 2.75) is 26.8 Å². The van der Waals surface area contributed by atoms with Crippen molar-refractivity contribution in [3.63, 3.8) is 0 Å². The first-order chi connectivity index (χ1) is 12.5. The average Bonchev–Trinajstić information content (AvgIpc) is 2.61. The normalized spacial score (nSPS) is 16.9. The Labute approximate surface area is 153 Å². The van der Waals surface area contributed by atoms with Crippen molar-refractivity contribution in [3.8, 4) is 11.5 Å². The van der Waals surface area contributed by atoms with Crippen LogP contribution in [-0.4, -0.2) is 32.3 Å². The fourth-order valence-corrected chi connectivity index (χ4v) is 2.65. The van der Waals surface area contributed by atoms with Gasteiger partial charge in [-0.3, -0.25) is 0 Å². The number of allylic oxidation sites excluding steroid dienone is 2. The summed E-state index contributed by atoms with van der Waals surface area (Å²) in [6.07, 6.45) is 3.53. The molecule has 140 valence electrons. The molecule has 26 heavy (non-hydrogen) atoms. The number of urea groups is 1. The zero-order chi connectivity index (χ0) is 19.1. The van der Waals surface area contributed by atoms with Gasteiger partial charge in [-0.05, 0) is 38.5 Å². The zero-order valence-corrected chi connectivity index (χ0v) is 15.4. The molecule has 0 radical (unpaired) electrons. The van der Waals surface area contributed by atoms with Gasteiger partial charge < -0.3 is 24.8 Å². The Kier molecular flexibility index (Phi) is 6.66.